The van der Waals surface area contributed by atoms with Gasteiger partial charge < -0.3 is 9.73 Å². The standard InChI is InChI=1S/C18H15N3O3S/c22-17-15(10-5-6-10)20-18(23)21(17)9-11-7-8-13(24-11)16-19-12-3-1-2-4-14(12)25-16/h1-4,7-8,10,15H,5-6,9H2,(H,20,23). The molecule has 2 fully saturated rings. The number of benzene rings is 1. The van der Waals surface area contributed by atoms with Crippen molar-refractivity contribution in [3.8, 4) is 10.8 Å². The van der Waals surface area contributed by atoms with Crippen LogP contribution in [0.25, 0.3) is 21.0 Å². The second kappa shape index (κ2) is 5.42. The molecule has 2 aliphatic rings. The molecule has 3 aromatic rings. The van der Waals surface area contributed by atoms with Crippen molar-refractivity contribution in [2.75, 3.05) is 0 Å². The Hall–Kier alpha value is -2.67. The maximum Gasteiger partial charge on any atom is 0.325 e. The van der Waals surface area contributed by atoms with E-state index >= 15 is 0 Å². The summed E-state index contributed by atoms with van der Waals surface area (Å²) >= 11 is 1.56. The second-order valence-electron chi connectivity index (χ2n) is 6.44. The van der Waals surface area contributed by atoms with Crippen molar-refractivity contribution in [3.63, 3.8) is 0 Å². The fourth-order valence-electron chi connectivity index (χ4n) is 3.15. The Bertz CT molecular complexity index is 955. The van der Waals surface area contributed by atoms with Crippen LogP contribution in [0.2, 0.25) is 0 Å². The van der Waals surface area contributed by atoms with E-state index < -0.39 is 0 Å². The van der Waals surface area contributed by atoms with Gasteiger partial charge in [-0.3, -0.25) is 9.69 Å². The highest BCUT2D eigenvalue weighted by atomic mass is 32.1. The number of thiazole rings is 1. The molecule has 0 radical (unpaired) electrons. The van der Waals surface area contributed by atoms with Crippen LogP contribution in [0, 0.1) is 5.92 Å². The van der Waals surface area contributed by atoms with Gasteiger partial charge in [-0.25, -0.2) is 9.78 Å². The van der Waals surface area contributed by atoms with E-state index in [2.05, 4.69) is 10.3 Å². The Labute approximate surface area is 147 Å². The number of hydrogen-bond donors (Lipinski definition) is 1. The van der Waals surface area contributed by atoms with Gasteiger partial charge in [-0.1, -0.05) is 12.1 Å². The predicted molar refractivity (Wildman–Crippen MR) is 92.9 cm³/mol. The van der Waals surface area contributed by atoms with Gasteiger partial charge in [-0.15, -0.1) is 11.3 Å². The fourth-order valence-corrected chi connectivity index (χ4v) is 4.08. The number of nitrogens with zero attached hydrogens (tertiary/aromatic N) is 2. The van der Waals surface area contributed by atoms with Crippen LogP contribution in [0.3, 0.4) is 0 Å². The van der Waals surface area contributed by atoms with Crippen molar-refractivity contribution in [1.29, 1.82) is 0 Å². The number of aromatic nitrogens is 1. The van der Waals surface area contributed by atoms with E-state index in [1.807, 2.05) is 30.3 Å². The van der Waals surface area contributed by atoms with Gasteiger partial charge in [0.25, 0.3) is 5.91 Å². The van der Waals surface area contributed by atoms with Crippen LogP contribution in [0.4, 0.5) is 4.79 Å². The quantitative estimate of drug-likeness (QED) is 0.730. The van der Waals surface area contributed by atoms with Gasteiger partial charge in [0.15, 0.2) is 10.8 Å². The third kappa shape index (κ3) is 2.51. The number of hydrogen-bond acceptors (Lipinski definition) is 5. The zero-order valence-corrected chi connectivity index (χ0v) is 14.1. The summed E-state index contributed by atoms with van der Waals surface area (Å²) in [5, 5.41) is 3.57. The molecule has 1 N–H and O–H groups in total. The summed E-state index contributed by atoms with van der Waals surface area (Å²) in [6, 6.07) is 10.9. The van der Waals surface area contributed by atoms with Crippen molar-refractivity contribution < 1.29 is 14.0 Å². The zero-order chi connectivity index (χ0) is 17.0. The van der Waals surface area contributed by atoms with Crippen LogP contribution >= 0.6 is 11.3 Å². The zero-order valence-electron chi connectivity index (χ0n) is 13.3. The van der Waals surface area contributed by atoms with E-state index in [0.717, 1.165) is 28.1 Å². The maximum absolute atomic E-state index is 12.4. The summed E-state index contributed by atoms with van der Waals surface area (Å²) in [4.78, 5) is 30.3. The summed E-state index contributed by atoms with van der Waals surface area (Å²) in [6.07, 6.45) is 2.01. The lowest BCUT2D eigenvalue weighted by atomic mass is 10.2. The number of carbonyl (C=O) groups is 2. The molecule has 3 amide bonds. The van der Waals surface area contributed by atoms with Gasteiger partial charge in [0, 0.05) is 0 Å². The molecule has 0 bridgehead atoms. The van der Waals surface area contributed by atoms with E-state index in [0.29, 0.717) is 17.4 Å². The smallest absolute Gasteiger partial charge is 0.325 e. The minimum absolute atomic E-state index is 0.148. The van der Waals surface area contributed by atoms with Gasteiger partial charge in [0.1, 0.15) is 11.8 Å². The molecular weight excluding hydrogens is 338 g/mol. The number of rotatable bonds is 4. The summed E-state index contributed by atoms with van der Waals surface area (Å²) in [6.45, 7) is 0.152. The normalized spacial score (nSPS) is 20.5. The van der Waals surface area contributed by atoms with E-state index in [9.17, 15) is 9.59 Å². The molecule has 5 rings (SSSR count). The number of amides is 3. The van der Waals surface area contributed by atoms with Gasteiger partial charge in [-0.2, -0.15) is 0 Å². The van der Waals surface area contributed by atoms with Crippen LogP contribution in [-0.4, -0.2) is 27.9 Å². The predicted octanol–water partition coefficient (Wildman–Crippen LogP) is 3.39. The number of urea groups is 1. The number of imide groups is 1. The van der Waals surface area contributed by atoms with Crippen molar-refractivity contribution >= 4 is 33.5 Å². The molecule has 3 heterocycles. The average Bonchev–Trinajstić information content (AvgIpc) is 3.08. The molecule has 0 spiro atoms. The molecule has 1 unspecified atom stereocenters. The van der Waals surface area contributed by atoms with Crippen LogP contribution in [0.1, 0.15) is 18.6 Å². The first-order chi connectivity index (χ1) is 12.2. The Balaban J connectivity index is 1.37. The van der Waals surface area contributed by atoms with Crippen LogP contribution < -0.4 is 5.32 Å². The van der Waals surface area contributed by atoms with Crippen molar-refractivity contribution in [2.45, 2.75) is 25.4 Å². The maximum atomic E-state index is 12.4. The van der Waals surface area contributed by atoms with E-state index in [1.165, 1.54) is 4.90 Å². The molecule has 7 heteroatoms. The number of nitrogens with one attached hydrogen (secondary N) is 1. The molecule has 1 aromatic carbocycles. The van der Waals surface area contributed by atoms with Crippen LogP contribution in [0.5, 0.6) is 0 Å². The summed E-state index contributed by atoms with van der Waals surface area (Å²) < 4.78 is 6.94. The molecule has 2 aromatic heterocycles. The fraction of sp³-hybridized carbons (Fsp3) is 0.278. The highest BCUT2D eigenvalue weighted by Gasteiger charge is 2.46. The summed E-state index contributed by atoms with van der Waals surface area (Å²) in [5.41, 5.74) is 0.932. The number of para-hydroxylation sites is 1. The average molecular weight is 353 g/mol. The van der Waals surface area contributed by atoms with Crippen molar-refractivity contribution in [1.82, 2.24) is 15.2 Å². The molecule has 1 aliphatic heterocycles. The van der Waals surface area contributed by atoms with E-state index in [1.54, 1.807) is 17.4 Å². The van der Waals surface area contributed by atoms with E-state index in [4.69, 9.17) is 4.42 Å². The first kappa shape index (κ1) is 14.7. The lowest BCUT2D eigenvalue weighted by molar-refractivity contribution is -0.128. The molecule has 1 saturated carbocycles. The van der Waals surface area contributed by atoms with Crippen molar-refractivity contribution in [3.05, 3.63) is 42.2 Å². The molecule has 1 saturated heterocycles. The van der Waals surface area contributed by atoms with Crippen LogP contribution in [-0.2, 0) is 11.3 Å². The Kier molecular flexibility index (Phi) is 3.18. The number of fused-ring (bicyclic) bond motifs is 1. The Morgan fingerprint density at radius 1 is 1.20 bits per heavy atom. The largest absolute Gasteiger partial charge is 0.457 e. The third-order valence-electron chi connectivity index (χ3n) is 4.63. The minimum Gasteiger partial charge on any atom is -0.457 e. The molecule has 6 nitrogen and oxygen atoms in total. The highest BCUT2D eigenvalue weighted by molar-refractivity contribution is 7.21. The second-order valence-corrected chi connectivity index (χ2v) is 7.47. The van der Waals surface area contributed by atoms with Gasteiger partial charge in [0.2, 0.25) is 0 Å². The summed E-state index contributed by atoms with van der Waals surface area (Å²) in [7, 11) is 0. The number of furan rings is 1. The lowest BCUT2D eigenvalue weighted by Crippen LogP contribution is -2.31. The van der Waals surface area contributed by atoms with Crippen LogP contribution in [0.15, 0.2) is 40.8 Å². The monoisotopic (exact) mass is 353 g/mol. The SMILES string of the molecule is O=C1NC(C2CC2)C(=O)N1Cc1ccc(-c2nc3ccccc3s2)o1. The first-order valence-electron chi connectivity index (χ1n) is 8.25. The first-order valence-corrected chi connectivity index (χ1v) is 9.07. The molecule has 1 aliphatic carbocycles. The Morgan fingerprint density at radius 3 is 2.84 bits per heavy atom. The summed E-state index contributed by atoms with van der Waals surface area (Å²) in [5.74, 6) is 1.39. The number of carbonyl (C=O) groups excluding carboxylic acids is 2. The molecular formula is C18H15N3O3S. The van der Waals surface area contributed by atoms with Crippen molar-refractivity contribution in [2.24, 2.45) is 5.92 Å². The molecule has 126 valence electrons. The molecule has 25 heavy (non-hydrogen) atoms. The minimum atomic E-state index is -0.355. The lowest BCUT2D eigenvalue weighted by Gasteiger charge is -2.10. The third-order valence-corrected chi connectivity index (χ3v) is 5.68. The van der Waals surface area contributed by atoms with Gasteiger partial charge in [0.05, 0.1) is 16.8 Å². The van der Waals surface area contributed by atoms with E-state index in [-0.39, 0.29) is 24.5 Å². The Morgan fingerprint density at radius 2 is 2.04 bits per heavy atom. The molecule has 1 atom stereocenters. The highest BCUT2D eigenvalue weighted by Crippen LogP contribution is 2.36. The van der Waals surface area contributed by atoms with Gasteiger partial charge >= 0.3 is 6.03 Å². The van der Waals surface area contributed by atoms with Gasteiger partial charge in [-0.05, 0) is 43.0 Å². The topological polar surface area (TPSA) is 75.4 Å².